The van der Waals surface area contributed by atoms with Gasteiger partial charge in [0.05, 0.1) is 24.6 Å². The maximum absolute atomic E-state index is 9.40. The average molecular weight is 516 g/mol. The molecule has 0 fully saturated rings. The molecule has 0 bridgehead atoms. The van der Waals surface area contributed by atoms with Crippen molar-refractivity contribution in [1.82, 2.24) is 0 Å². The van der Waals surface area contributed by atoms with E-state index in [0.29, 0.717) is 13.2 Å². The van der Waals surface area contributed by atoms with E-state index in [-0.39, 0.29) is 0 Å². The second kappa shape index (κ2) is 27.4. The van der Waals surface area contributed by atoms with E-state index < -0.39 is 7.26 Å². The fourth-order valence-electron chi connectivity index (χ4n) is 5.90. The number of unbranched alkanes of at least 4 members (excludes halogenated alkanes) is 19. The van der Waals surface area contributed by atoms with Crippen molar-refractivity contribution in [3.8, 4) is 0 Å². The summed E-state index contributed by atoms with van der Waals surface area (Å²) in [4.78, 5) is 0. The van der Waals surface area contributed by atoms with Crippen molar-refractivity contribution in [3.05, 3.63) is 0 Å². The highest BCUT2D eigenvalue weighted by atomic mass is 31.2. The molecule has 3 heteroatoms. The zero-order valence-electron chi connectivity index (χ0n) is 24.7. The van der Waals surface area contributed by atoms with Crippen LogP contribution in [0.15, 0.2) is 0 Å². The number of rotatable bonds is 29. The standard InChI is InChI=1S/C32H68O2P/c1-4-5-6-7-8-9-10-11-12-13-14-15-16-17-18-19-20-21-22-23-28-35(29-24-26-33,30-25-27-34)31-32(2)3/h32-34H,4-31H2,1-3H3/q+1. The summed E-state index contributed by atoms with van der Waals surface area (Å²) < 4.78 is 0. The van der Waals surface area contributed by atoms with Crippen LogP contribution in [0.25, 0.3) is 0 Å². The summed E-state index contributed by atoms with van der Waals surface area (Å²) in [5.74, 6) is 0.742. The summed E-state index contributed by atoms with van der Waals surface area (Å²) in [6, 6.07) is 0. The molecule has 0 aliphatic rings. The molecule has 2 N–H and O–H groups in total. The molecule has 0 unspecified atom stereocenters. The van der Waals surface area contributed by atoms with Crippen LogP contribution in [0.4, 0.5) is 0 Å². The van der Waals surface area contributed by atoms with Gasteiger partial charge in [-0.1, -0.05) is 136 Å². The summed E-state index contributed by atoms with van der Waals surface area (Å²) in [7, 11) is -0.999. The predicted molar refractivity (Wildman–Crippen MR) is 163 cm³/mol. The third-order valence-electron chi connectivity index (χ3n) is 7.82. The maximum atomic E-state index is 9.40. The second-order valence-corrected chi connectivity index (χ2v) is 16.4. The van der Waals surface area contributed by atoms with E-state index in [9.17, 15) is 10.2 Å². The summed E-state index contributed by atoms with van der Waals surface area (Å²) in [5, 5.41) is 18.8. The van der Waals surface area contributed by atoms with Crippen molar-refractivity contribution in [3.63, 3.8) is 0 Å². The van der Waals surface area contributed by atoms with Crippen LogP contribution >= 0.6 is 7.26 Å². The maximum Gasteiger partial charge on any atom is 0.0617 e. The van der Waals surface area contributed by atoms with Gasteiger partial charge in [0.25, 0.3) is 0 Å². The molecule has 0 radical (unpaired) electrons. The molecular weight excluding hydrogens is 447 g/mol. The number of hydrogen-bond acceptors (Lipinski definition) is 2. The molecule has 0 saturated carbocycles. The largest absolute Gasteiger partial charge is 0.396 e. The highest BCUT2D eigenvalue weighted by molar-refractivity contribution is 7.75. The Morgan fingerprint density at radius 2 is 0.714 bits per heavy atom. The van der Waals surface area contributed by atoms with Gasteiger partial charge in [0.2, 0.25) is 0 Å². The topological polar surface area (TPSA) is 40.5 Å². The molecule has 0 amide bonds. The van der Waals surface area contributed by atoms with Crippen molar-refractivity contribution >= 4 is 7.26 Å². The zero-order chi connectivity index (χ0) is 25.9. The van der Waals surface area contributed by atoms with Crippen LogP contribution in [-0.2, 0) is 0 Å². The Kier molecular flexibility index (Phi) is 27.7. The molecule has 212 valence electrons. The van der Waals surface area contributed by atoms with Crippen LogP contribution < -0.4 is 0 Å². The Bertz CT molecular complexity index is 391. The van der Waals surface area contributed by atoms with E-state index in [1.54, 1.807) is 0 Å². The Balaban J connectivity index is 3.59. The Labute approximate surface area is 223 Å². The molecule has 0 aromatic carbocycles. The zero-order valence-corrected chi connectivity index (χ0v) is 25.6. The minimum Gasteiger partial charge on any atom is -0.396 e. The smallest absolute Gasteiger partial charge is 0.0617 e. The molecule has 0 aromatic rings. The summed E-state index contributed by atoms with van der Waals surface area (Å²) in [6.45, 7) is 7.66. The van der Waals surface area contributed by atoms with Crippen molar-refractivity contribution in [2.75, 3.05) is 37.9 Å². The van der Waals surface area contributed by atoms with Crippen LogP contribution in [0.2, 0.25) is 0 Å². The second-order valence-electron chi connectivity index (χ2n) is 12.0. The van der Waals surface area contributed by atoms with Crippen LogP contribution in [0.3, 0.4) is 0 Å². The van der Waals surface area contributed by atoms with Crippen LogP contribution in [0.5, 0.6) is 0 Å². The monoisotopic (exact) mass is 515 g/mol. The third kappa shape index (κ3) is 24.4. The fraction of sp³-hybridized carbons (Fsp3) is 1.00. The first-order chi connectivity index (χ1) is 17.1. The Morgan fingerprint density at radius 3 is 1.00 bits per heavy atom. The molecule has 35 heavy (non-hydrogen) atoms. The van der Waals surface area contributed by atoms with E-state index in [4.69, 9.17) is 0 Å². The van der Waals surface area contributed by atoms with Gasteiger partial charge >= 0.3 is 0 Å². The number of hydrogen-bond donors (Lipinski definition) is 2. The third-order valence-corrected chi connectivity index (χ3v) is 13.1. The first-order valence-corrected chi connectivity index (χ1v) is 18.7. The van der Waals surface area contributed by atoms with Crippen LogP contribution in [0.1, 0.15) is 162 Å². The predicted octanol–water partition coefficient (Wildman–Crippen LogP) is 10.2. The van der Waals surface area contributed by atoms with Gasteiger partial charge in [-0.05, 0) is 18.8 Å². The molecule has 0 saturated heterocycles. The van der Waals surface area contributed by atoms with E-state index in [2.05, 4.69) is 20.8 Å². The molecule has 0 aliphatic heterocycles. The van der Waals surface area contributed by atoms with Gasteiger partial charge in [-0.3, -0.25) is 0 Å². The summed E-state index contributed by atoms with van der Waals surface area (Å²) in [5.41, 5.74) is 0. The molecule has 0 aromatic heterocycles. The van der Waals surface area contributed by atoms with Crippen LogP contribution in [-0.4, -0.2) is 48.1 Å². The van der Waals surface area contributed by atoms with E-state index in [0.717, 1.165) is 18.8 Å². The minimum atomic E-state index is -0.999. The van der Waals surface area contributed by atoms with Gasteiger partial charge in [-0.15, -0.1) is 0 Å². The lowest BCUT2D eigenvalue weighted by Gasteiger charge is -2.29. The van der Waals surface area contributed by atoms with Gasteiger partial charge in [-0.2, -0.15) is 0 Å². The van der Waals surface area contributed by atoms with Gasteiger partial charge in [0.15, 0.2) is 0 Å². The molecule has 2 nitrogen and oxygen atoms in total. The van der Waals surface area contributed by atoms with Crippen LogP contribution in [0, 0.1) is 5.92 Å². The molecule has 0 spiro atoms. The van der Waals surface area contributed by atoms with Crippen molar-refractivity contribution in [1.29, 1.82) is 0 Å². The summed E-state index contributed by atoms with van der Waals surface area (Å²) in [6.07, 6.45) is 35.9. The lowest BCUT2D eigenvalue weighted by molar-refractivity contribution is 0.293. The molecule has 0 rings (SSSR count). The van der Waals surface area contributed by atoms with Gasteiger partial charge in [-0.25, -0.2) is 0 Å². The highest BCUT2D eigenvalue weighted by Gasteiger charge is 2.36. The fourth-order valence-corrected chi connectivity index (χ4v) is 11.2. The van der Waals surface area contributed by atoms with Crippen molar-refractivity contribution in [2.24, 2.45) is 5.92 Å². The van der Waals surface area contributed by atoms with E-state index in [1.165, 1.54) is 153 Å². The van der Waals surface area contributed by atoms with Crippen molar-refractivity contribution in [2.45, 2.75) is 162 Å². The SMILES string of the molecule is CCCCCCCCCCCCCCCCCCCCCC[P+](CCCO)(CCCO)CC(C)C. The van der Waals surface area contributed by atoms with Gasteiger partial charge in [0.1, 0.15) is 0 Å². The summed E-state index contributed by atoms with van der Waals surface area (Å²) >= 11 is 0. The van der Waals surface area contributed by atoms with Gasteiger partial charge in [0, 0.05) is 33.3 Å². The van der Waals surface area contributed by atoms with E-state index in [1.807, 2.05) is 0 Å². The minimum absolute atomic E-state index is 0.332. The molecule has 0 aliphatic carbocycles. The van der Waals surface area contributed by atoms with E-state index >= 15 is 0 Å². The molecule has 0 heterocycles. The first kappa shape index (κ1) is 35.4. The quantitative estimate of drug-likeness (QED) is 0.0768. The number of aliphatic hydroxyl groups is 2. The Morgan fingerprint density at radius 1 is 0.429 bits per heavy atom. The average Bonchev–Trinajstić information content (AvgIpc) is 2.84. The Hall–Kier alpha value is 0.350. The highest BCUT2D eigenvalue weighted by Crippen LogP contribution is 2.61. The first-order valence-electron chi connectivity index (χ1n) is 16.2. The van der Waals surface area contributed by atoms with Gasteiger partial charge < -0.3 is 10.2 Å². The lowest BCUT2D eigenvalue weighted by atomic mass is 10.0. The molecular formula is C32H68O2P+. The molecule has 0 atom stereocenters. The van der Waals surface area contributed by atoms with Crippen molar-refractivity contribution < 1.29 is 10.2 Å². The number of aliphatic hydroxyl groups excluding tert-OH is 2. The normalized spacial score (nSPS) is 12.2. The lowest BCUT2D eigenvalue weighted by Crippen LogP contribution is -2.17.